The van der Waals surface area contributed by atoms with Crippen LogP contribution in [0.25, 0.3) is 0 Å². The van der Waals surface area contributed by atoms with Crippen molar-refractivity contribution in [3.63, 3.8) is 0 Å². The van der Waals surface area contributed by atoms with E-state index < -0.39 is 22.9 Å². The molecule has 6 nitrogen and oxygen atoms in total. The first kappa shape index (κ1) is 24.6. The zero-order valence-corrected chi connectivity index (χ0v) is 22.3. The highest BCUT2D eigenvalue weighted by Gasteiger charge is 2.77. The highest BCUT2D eigenvalue weighted by atomic mass is 16.7. The number of ether oxygens (including phenoxy) is 3. The van der Waals surface area contributed by atoms with E-state index in [-0.39, 0.29) is 47.3 Å². The van der Waals surface area contributed by atoms with E-state index in [0.29, 0.717) is 18.3 Å². The van der Waals surface area contributed by atoms with Crippen molar-refractivity contribution in [1.82, 2.24) is 0 Å². The monoisotopic (exact) mass is 490 g/mol. The molecule has 4 saturated carbocycles. The van der Waals surface area contributed by atoms with Gasteiger partial charge in [-0.1, -0.05) is 27.7 Å². The van der Waals surface area contributed by atoms with Crippen molar-refractivity contribution >= 4 is 5.97 Å². The summed E-state index contributed by atoms with van der Waals surface area (Å²) in [6.45, 7) is 11.3. The fraction of sp³-hybridized carbons (Fsp3) is 0.966. The minimum absolute atomic E-state index is 0.0125. The van der Waals surface area contributed by atoms with Crippen molar-refractivity contribution in [2.24, 2.45) is 46.3 Å². The average molecular weight is 491 g/mol. The summed E-state index contributed by atoms with van der Waals surface area (Å²) < 4.78 is 18.8. The molecule has 0 aromatic heterocycles. The number of carbonyl (C=O) groups is 1. The van der Waals surface area contributed by atoms with Crippen molar-refractivity contribution in [2.45, 2.75) is 122 Å². The summed E-state index contributed by atoms with van der Waals surface area (Å²) in [4.78, 5) is 11.6. The predicted octanol–water partition coefficient (Wildman–Crippen LogP) is 4.45. The number of rotatable bonds is 1. The molecule has 0 bridgehead atoms. The van der Waals surface area contributed by atoms with Gasteiger partial charge in [-0.15, -0.1) is 0 Å². The second-order valence-corrected chi connectivity index (χ2v) is 13.9. The van der Waals surface area contributed by atoms with E-state index in [2.05, 4.69) is 27.7 Å². The standard InChI is InChI=1S/C29H46O6/c1-16-8-11-29(33-15-16)17(2)25-23(35-29)14-28(32)21-7-6-19-12-20(34-18(3)30)9-10-26(19,4)22(21)13-24(31)27(25,28)5/h16-17,19-25,31-32H,6-15H2,1-5H3/t16-,17+,19+,20+,21-,22+,23+,24?,25+,26+,27-,28+,29-/m1/s1. The molecule has 13 atom stereocenters. The Balaban J connectivity index is 1.28. The predicted molar refractivity (Wildman–Crippen MR) is 130 cm³/mol. The summed E-state index contributed by atoms with van der Waals surface area (Å²) in [6.07, 6.45) is 7.56. The van der Waals surface area contributed by atoms with Gasteiger partial charge in [0.05, 0.1) is 24.4 Å². The summed E-state index contributed by atoms with van der Waals surface area (Å²) in [7, 11) is 0. The van der Waals surface area contributed by atoms with Crippen LogP contribution in [0.3, 0.4) is 0 Å². The maximum Gasteiger partial charge on any atom is 0.302 e. The molecule has 6 rings (SSSR count). The van der Waals surface area contributed by atoms with Gasteiger partial charge >= 0.3 is 5.97 Å². The van der Waals surface area contributed by atoms with Gasteiger partial charge < -0.3 is 24.4 Å². The van der Waals surface area contributed by atoms with Gasteiger partial charge in [0.2, 0.25) is 0 Å². The Hall–Kier alpha value is -0.690. The maximum atomic E-state index is 12.6. The second kappa shape index (κ2) is 7.91. The van der Waals surface area contributed by atoms with Crippen LogP contribution < -0.4 is 0 Å². The van der Waals surface area contributed by atoms with E-state index in [1.165, 1.54) is 6.92 Å². The number of hydrogen-bond donors (Lipinski definition) is 2. The van der Waals surface area contributed by atoms with Gasteiger partial charge in [-0.3, -0.25) is 4.79 Å². The number of carbonyl (C=O) groups excluding carboxylic acids is 1. The lowest BCUT2D eigenvalue weighted by Crippen LogP contribution is -2.67. The molecule has 35 heavy (non-hydrogen) atoms. The van der Waals surface area contributed by atoms with Gasteiger partial charge in [-0.2, -0.15) is 0 Å². The quantitative estimate of drug-likeness (QED) is 0.528. The van der Waals surface area contributed by atoms with Crippen LogP contribution >= 0.6 is 0 Å². The third-order valence-electron chi connectivity index (χ3n) is 12.5. The van der Waals surface area contributed by atoms with E-state index in [4.69, 9.17) is 14.2 Å². The molecule has 2 heterocycles. The molecule has 6 aliphatic rings. The largest absolute Gasteiger partial charge is 0.463 e. The summed E-state index contributed by atoms with van der Waals surface area (Å²) in [6, 6.07) is 0. The summed E-state index contributed by atoms with van der Waals surface area (Å²) in [5.74, 6) is 0.983. The Morgan fingerprint density at radius 3 is 2.49 bits per heavy atom. The number of aliphatic hydroxyl groups is 2. The Morgan fingerprint density at radius 2 is 1.80 bits per heavy atom. The summed E-state index contributed by atoms with van der Waals surface area (Å²) in [5, 5.41) is 24.5. The Kier molecular flexibility index (Phi) is 5.57. The second-order valence-electron chi connectivity index (χ2n) is 13.9. The first-order chi connectivity index (χ1) is 16.4. The molecule has 1 spiro atoms. The lowest BCUT2D eigenvalue weighted by Gasteiger charge is -2.65. The summed E-state index contributed by atoms with van der Waals surface area (Å²) >= 11 is 0. The molecule has 2 aliphatic heterocycles. The molecule has 2 N–H and O–H groups in total. The average Bonchev–Trinajstić information content (AvgIpc) is 3.19. The lowest BCUT2D eigenvalue weighted by molar-refractivity contribution is -0.289. The van der Waals surface area contributed by atoms with Gasteiger partial charge in [0.15, 0.2) is 5.79 Å². The molecule has 6 heteroatoms. The summed E-state index contributed by atoms with van der Waals surface area (Å²) in [5.41, 5.74) is -1.46. The van der Waals surface area contributed by atoms with Crippen molar-refractivity contribution < 1.29 is 29.2 Å². The van der Waals surface area contributed by atoms with Crippen LogP contribution in [0.2, 0.25) is 0 Å². The molecule has 198 valence electrons. The van der Waals surface area contributed by atoms with E-state index >= 15 is 0 Å². The Morgan fingerprint density at radius 1 is 1.03 bits per heavy atom. The molecule has 0 aromatic carbocycles. The highest BCUT2D eigenvalue weighted by molar-refractivity contribution is 5.66. The van der Waals surface area contributed by atoms with Crippen LogP contribution in [0.15, 0.2) is 0 Å². The molecule has 4 aliphatic carbocycles. The first-order valence-electron chi connectivity index (χ1n) is 14.3. The van der Waals surface area contributed by atoms with E-state index in [0.717, 1.165) is 58.0 Å². The maximum absolute atomic E-state index is 12.6. The van der Waals surface area contributed by atoms with Gasteiger partial charge in [0, 0.05) is 37.0 Å². The number of esters is 1. The normalized spacial score (nSPS) is 59.3. The number of fused-ring (bicyclic) bond motifs is 7. The van der Waals surface area contributed by atoms with Gasteiger partial charge in [0.1, 0.15) is 6.10 Å². The van der Waals surface area contributed by atoms with Gasteiger partial charge in [-0.05, 0) is 74.0 Å². The fourth-order valence-corrected chi connectivity index (χ4v) is 10.5. The van der Waals surface area contributed by atoms with E-state index in [1.807, 2.05) is 0 Å². The number of aliphatic hydroxyl groups excluding tert-OH is 1. The smallest absolute Gasteiger partial charge is 0.302 e. The van der Waals surface area contributed by atoms with Crippen LogP contribution in [0.1, 0.15) is 92.4 Å². The van der Waals surface area contributed by atoms with E-state index in [9.17, 15) is 15.0 Å². The number of hydrogen-bond acceptors (Lipinski definition) is 6. The molecular formula is C29H46O6. The SMILES string of the molecule is CC(=O)O[C@H]1CC[C@@]2(C)[C@@H](CC[C@@H]3[C@@H]2CC(O)[C@]2(C)[C@@H]4[C@H](C[C@]32O)O[C@]2(CC[C@@H](C)CO2)[C@H]4C)C1. The van der Waals surface area contributed by atoms with Crippen LogP contribution in [-0.4, -0.2) is 52.5 Å². The minimum atomic E-state index is -0.927. The topological polar surface area (TPSA) is 85.2 Å². The zero-order valence-electron chi connectivity index (χ0n) is 22.3. The van der Waals surface area contributed by atoms with Crippen LogP contribution in [0.5, 0.6) is 0 Å². The third kappa shape index (κ3) is 3.18. The van der Waals surface area contributed by atoms with Crippen LogP contribution in [-0.2, 0) is 19.0 Å². The zero-order chi connectivity index (χ0) is 25.0. The third-order valence-corrected chi connectivity index (χ3v) is 12.5. The van der Waals surface area contributed by atoms with Crippen LogP contribution in [0, 0.1) is 46.3 Å². The molecule has 2 saturated heterocycles. The van der Waals surface area contributed by atoms with Gasteiger partial charge in [-0.25, -0.2) is 0 Å². The van der Waals surface area contributed by atoms with Crippen molar-refractivity contribution in [2.75, 3.05) is 6.61 Å². The molecule has 6 fully saturated rings. The molecule has 0 aromatic rings. The molecule has 0 radical (unpaired) electrons. The van der Waals surface area contributed by atoms with Crippen molar-refractivity contribution in [1.29, 1.82) is 0 Å². The molecule has 1 unspecified atom stereocenters. The minimum Gasteiger partial charge on any atom is -0.463 e. The lowest BCUT2D eigenvalue weighted by atomic mass is 9.42. The van der Waals surface area contributed by atoms with Crippen molar-refractivity contribution in [3.8, 4) is 0 Å². The highest BCUT2D eigenvalue weighted by Crippen LogP contribution is 2.72. The van der Waals surface area contributed by atoms with Gasteiger partial charge in [0.25, 0.3) is 0 Å². The van der Waals surface area contributed by atoms with E-state index in [1.54, 1.807) is 0 Å². The molecular weight excluding hydrogens is 444 g/mol. The van der Waals surface area contributed by atoms with Crippen molar-refractivity contribution in [3.05, 3.63) is 0 Å². The Labute approximate surface area is 210 Å². The fourth-order valence-electron chi connectivity index (χ4n) is 10.5. The Bertz CT molecular complexity index is 867. The molecule has 0 amide bonds. The van der Waals surface area contributed by atoms with Crippen LogP contribution in [0.4, 0.5) is 0 Å². The first-order valence-corrected chi connectivity index (χ1v) is 14.3.